The lowest BCUT2D eigenvalue weighted by molar-refractivity contribution is -0.144. The fraction of sp³-hybridized carbons (Fsp3) is 0.750. The Kier molecular flexibility index (Phi) is 7.19. The number of hydrogen-bond donors (Lipinski definition) is 1. The van der Waals surface area contributed by atoms with Crippen LogP contribution in [0, 0.1) is 5.92 Å². The number of hydrogen-bond acceptors (Lipinski definition) is 5. The Morgan fingerprint density at radius 3 is 2.92 bits per heavy atom. The molecule has 0 saturated carbocycles. The SMILES string of the molecule is CNCCN1C(=O)CC[C@H]2CN(C(=O)CCn3cncn3)CC[C@H]21.Cl. The van der Waals surface area contributed by atoms with Crippen molar-refractivity contribution in [3.8, 4) is 0 Å². The van der Waals surface area contributed by atoms with Crippen molar-refractivity contribution in [3.05, 3.63) is 12.7 Å². The number of carbonyl (C=O) groups excluding carboxylic acids is 2. The first-order valence-electron chi connectivity index (χ1n) is 8.73. The Hall–Kier alpha value is -1.67. The molecule has 0 spiro atoms. The van der Waals surface area contributed by atoms with Crippen molar-refractivity contribution >= 4 is 24.2 Å². The molecule has 9 heteroatoms. The van der Waals surface area contributed by atoms with Gasteiger partial charge in [0, 0.05) is 45.1 Å². The number of aryl methyl sites for hydroxylation is 1. The summed E-state index contributed by atoms with van der Waals surface area (Å²) in [5.74, 6) is 0.837. The summed E-state index contributed by atoms with van der Waals surface area (Å²) in [5.41, 5.74) is 0. The van der Waals surface area contributed by atoms with Crippen LogP contribution in [0.5, 0.6) is 0 Å². The van der Waals surface area contributed by atoms with Gasteiger partial charge in [0.05, 0.1) is 6.54 Å². The highest BCUT2D eigenvalue weighted by Crippen LogP contribution is 2.31. The molecule has 2 amide bonds. The number of halogens is 1. The van der Waals surface area contributed by atoms with E-state index in [4.69, 9.17) is 0 Å². The van der Waals surface area contributed by atoms with Crippen LogP contribution in [0.1, 0.15) is 25.7 Å². The van der Waals surface area contributed by atoms with Crippen LogP contribution in [0.25, 0.3) is 0 Å². The van der Waals surface area contributed by atoms with E-state index in [0.29, 0.717) is 31.3 Å². The zero-order valence-electron chi connectivity index (χ0n) is 14.6. The van der Waals surface area contributed by atoms with E-state index in [0.717, 1.165) is 39.0 Å². The van der Waals surface area contributed by atoms with Crippen molar-refractivity contribution in [2.75, 3.05) is 33.2 Å². The molecule has 25 heavy (non-hydrogen) atoms. The fourth-order valence-electron chi connectivity index (χ4n) is 3.82. The van der Waals surface area contributed by atoms with Crippen molar-refractivity contribution in [1.82, 2.24) is 29.9 Å². The standard InChI is InChI=1S/C16H26N6O2.ClH/c1-17-6-9-22-14-4-7-20(10-13(14)2-3-16(22)24)15(23)5-8-21-12-18-11-19-21;/h11-14,17H,2-10H2,1H3;1H/t13-,14+;/m0./s1. The van der Waals surface area contributed by atoms with Crippen LogP contribution in [0.15, 0.2) is 12.7 Å². The number of aromatic nitrogens is 3. The summed E-state index contributed by atoms with van der Waals surface area (Å²) in [6, 6.07) is 0.291. The molecule has 0 aliphatic carbocycles. The van der Waals surface area contributed by atoms with E-state index in [2.05, 4.69) is 15.4 Å². The molecule has 1 N–H and O–H groups in total. The minimum atomic E-state index is 0. The largest absolute Gasteiger partial charge is 0.342 e. The Morgan fingerprint density at radius 1 is 1.36 bits per heavy atom. The van der Waals surface area contributed by atoms with Crippen molar-refractivity contribution in [2.24, 2.45) is 5.92 Å². The Balaban J connectivity index is 0.00000225. The maximum atomic E-state index is 12.5. The Labute approximate surface area is 154 Å². The minimum absolute atomic E-state index is 0. The van der Waals surface area contributed by atoms with Crippen LogP contribution in [0.4, 0.5) is 0 Å². The monoisotopic (exact) mass is 370 g/mol. The van der Waals surface area contributed by atoms with Gasteiger partial charge in [-0.3, -0.25) is 14.3 Å². The first-order chi connectivity index (χ1) is 11.7. The molecule has 0 unspecified atom stereocenters. The highest BCUT2D eigenvalue weighted by molar-refractivity contribution is 5.85. The molecular formula is C16H27ClN6O2. The van der Waals surface area contributed by atoms with E-state index in [-0.39, 0.29) is 24.2 Å². The third-order valence-electron chi connectivity index (χ3n) is 5.12. The maximum absolute atomic E-state index is 12.5. The lowest BCUT2D eigenvalue weighted by atomic mass is 9.83. The smallest absolute Gasteiger partial charge is 0.224 e. The number of piperidine rings is 2. The predicted molar refractivity (Wildman–Crippen MR) is 95.2 cm³/mol. The molecular weight excluding hydrogens is 344 g/mol. The second-order valence-corrected chi connectivity index (χ2v) is 6.59. The molecule has 2 fully saturated rings. The Bertz CT molecular complexity index is 567. The van der Waals surface area contributed by atoms with Gasteiger partial charge in [0.25, 0.3) is 0 Å². The molecule has 2 aliphatic heterocycles. The number of amides is 2. The molecule has 2 saturated heterocycles. The van der Waals surface area contributed by atoms with E-state index in [1.165, 1.54) is 6.33 Å². The van der Waals surface area contributed by atoms with Gasteiger partial charge in [0.2, 0.25) is 11.8 Å². The normalized spacial score (nSPS) is 23.2. The van der Waals surface area contributed by atoms with Gasteiger partial charge in [0.1, 0.15) is 12.7 Å². The van der Waals surface area contributed by atoms with E-state index in [1.807, 2.05) is 16.8 Å². The summed E-state index contributed by atoms with van der Waals surface area (Å²) >= 11 is 0. The molecule has 1 aromatic rings. The van der Waals surface area contributed by atoms with Gasteiger partial charge in [-0.25, -0.2) is 4.98 Å². The minimum Gasteiger partial charge on any atom is -0.342 e. The van der Waals surface area contributed by atoms with Crippen LogP contribution in [0.2, 0.25) is 0 Å². The van der Waals surface area contributed by atoms with Crippen LogP contribution >= 0.6 is 12.4 Å². The molecule has 3 rings (SSSR count). The third-order valence-corrected chi connectivity index (χ3v) is 5.12. The molecule has 140 valence electrons. The first-order valence-corrected chi connectivity index (χ1v) is 8.73. The number of likely N-dealkylation sites (N-methyl/N-ethyl adjacent to an activating group) is 1. The fourth-order valence-corrected chi connectivity index (χ4v) is 3.82. The highest BCUT2D eigenvalue weighted by Gasteiger charge is 2.39. The highest BCUT2D eigenvalue weighted by atomic mass is 35.5. The van der Waals surface area contributed by atoms with Gasteiger partial charge >= 0.3 is 0 Å². The molecule has 2 aliphatic rings. The average molecular weight is 371 g/mol. The number of rotatable bonds is 6. The molecule has 0 radical (unpaired) electrons. The summed E-state index contributed by atoms with van der Waals surface area (Å²) in [6.45, 7) is 3.65. The summed E-state index contributed by atoms with van der Waals surface area (Å²) in [7, 11) is 1.91. The average Bonchev–Trinajstić information content (AvgIpc) is 3.12. The van der Waals surface area contributed by atoms with Crippen LogP contribution < -0.4 is 5.32 Å². The van der Waals surface area contributed by atoms with Gasteiger partial charge in [-0.15, -0.1) is 12.4 Å². The zero-order valence-corrected chi connectivity index (χ0v) is 15.5. The number of fused-ring (bicyclic) bond motifs is 1. The summed E-state index contributed by atoms with van der Waals surface area (Å²) in [4.78, 5) is 32.5. The molecule has 0 aromatic carbocycles. The predicted octanol–water partition coefficient (Wildman–Crippen LogP) is 0.149. The maximum Gasteiger partial charge on any atom is 0.224 e. The molecule has 8 nitrogen and oxygen atoms in total. The zero-order chi connectivity index (χ0) is 16.9. The quantitative estimate of drug-likeness (QED) is 0.770. The van der Waals surface area contributed by atoms with E-state index >= 15 is 0 Å². The van der Waals surface area contributed by atoms with Crippen LogP contribution in [-0.4, -0.2) is 75.6 Å². The van der Waals surface area contributed by atoms with E-state index in [1.54, 1.807) is 11.0 Å². The van der Waals surface area contributed by atoms with Crippen molar-refractivity contribution in [2.45, 2.75) is 38.3 Å². The summed E-state index contributed by atoms with van der Waals surface area (Å²) < 4.78 is 1.68. The van der Waals surface area contributed by atoms with Gasteiger partial charge in [-0.2, -0.15) is 5.10 Å². The molecule has 3 heterocycles. The molecule has 1 aromatic heterocycles. The van der Waals surface area contributed by atoms with Crippen LogP contribution in [-0.2, 0) is 16.1 Å². The second-order valence-electron chi connectivity index (χ2n) is 6.59. The van der Waals surface area contributed by atoms with Crippen molar-refractivity contribution in [1.29, 1.82) is 0 Å². The number of nitrogens with one attached hydrogen (secondary N) is 1. The van der Waals surface area contributed by atoms with E-state index in [9.17, 15) is 9.59 Å². The molecule has 2 atom stereocenters. The van der Waals surface area contributed by atoms with Crippen LogP contribution in [0.3, 0.4) is 0 Å². The lowest BCUT2D eigenvalue weighted by Crippen LogP contribution is -2.57. The number of carbonyl (C=O) groups is 2. The van der Waals surface area contributed by atoms with Crippen molar-refractivity contribution < 1.29 is 9.59 Å². The second kappa shape index (κ2) is 9.15. The van der Waals surface area contributed by atoms with Gasteiger partial charge in [-0.1, -0.05) is 0 Å². The summed E-state index contributed by atoms with van der Waals surface area (Å²) in [5, 5.41) is 7.15. The van der Waals surface area contributed by atoms with Gasteiger partial charge in [0.15, 0.2) is 0 Å². The topological polar surface area (TPSA) is 83.4 Å². The number of nitrogens with zero attached hydrogens (tertiary/aromatic N) is 5. The third kappa shape index (κ3) is 4.70. The lowest BCUT2D eigenvalue weighted by Gasteiger charge is -2.47. The Morgan fingerprint density at radius 2 is 2.20 bits per heavy atom. The van der Waals surface area contributed by atoms with Gasteiger partial charge < -0.3 is 15.1 Å². The van der Waals surface area contributed by atoms with Crippen molar-refractivity contribution in [3.63, 3.8) is 0 Å². The first kappa shape index (κ1) is 19.7. The number of likely N-dealkylation sites (tertiary alicyclic amines) is 2. The molecule has 0 bridgehead atoms. The van der Waals surface area contributed by atoms with Gasteiger partial charge in [-0.05, 0) is 25.8 Å². The van der Waals surface area contributed by atoms with E-state index < -0.39 is 0 Å². The summed E-state index contributed by atoms with van der Waals surface area (Å²) in [6.07, 6.45) is 5.94.